The van der Waals surface area contributed by atoms with Crippen LogP contribution in [0.3, 0.4) is 0 Å². The molecule has 1 aromatic heterocycles. The number of carboxylic acids is 2. The van der Waals surface area contributed by atoms with Crippen LogP contribution in [0.1, 0.15) is 31.2 Å². The molecule has 2 heterocycles. The predicted molar refractivity (Wildman–Crippen MR) is 109 cm³/mol. The van der Waals surface area contributed by atoms with E-state index in [-0.39, 0.29) is 38.4 Å². The van der Waals surface area contributed by atoms with E-state index in [1.54, 1.807) is 9.80 Å². The Bertz CT molecular complexity index is 759. The zero-order valence-corrected chi connectivity index (χ0v) is 18.2. The molecular weight excluding hydrogens is 402 g/mol. The highest BCUT2D eigenvalue weighted by Crippen LogP contribution is 2.14. The first-order valence-electron chi connectivity index (χ1n) is 10.6. The number of likely N-dealkylation sites (N-methyl/N-ethyl adjacent to an activating group) is 1. The smallest absolute Gasteiger partial charge is 0.219 e. The van der Waals surface area contributed by atoms with Crippen molar-refractivity contribution in [2.75, 3.05) is 46.3 Å². The molecule has 1 aliphatic heterocycles. The minimum absolute atomic E-state index is 0.0489. The Kier molecular flexibility index (Phi) is 9.83. The van der Waals surface area contributed by atoms with Crippen LogP contribution in [-0.2, 0) is 27.5 Å². The number of carboxylic acid groups (broad SMARTS) is 2. The summed E-state index contributed by atoms with van der Waals surface area (Å²) >= 11 is 0. The number of fused-ring (bicyclic) bond motifs is 2. The fourth-order valence-electron chi connectivity index (χ4n) is 3.68. The number of aliphatic carboxylic acids is 2. The van der Waals surface area contributed by atoms with Crippen LogP contribution >= 0.6 is 0 Å². The van der Waals surface area contributed by atoms with Gasteiger partial charge in [-0.2, -0.15) is 0 Å². The first kappa shape index (κ1) is 24.7. The molecule has 172 valence electrons. The molecule has 1 N–H and O–H groups in total. The third-order valence-corrected chi connectivity index (χ3v) is 5.49. The molecule has 10 heteroatoms. The van der Waals surface area contributed by atoms with E-state index in [0.29, 0.717) is 31.9 Å². The van der Waals surface area contributed by atoms with Gasteiger partial charge in [-0.05, 0) is 25.1 Å². The fourth-order valence-corrected chi connectivity index (χ4v) is 3.68. The normalized spacial score (nSPS) is 17.9. The van der Waals surface area contributed by atoms with Crippen molar-refractivity contribution in [1.29, 1.82) is 0 Å². The summed E-state index contributed by atoms with van der Waals surface area (Å²) in [6.45, 7) is 5.26. The van der Waals surface area contributed by atoms with Crippen molar-refractivity contribution >= 4 is 17.8 Å². The maximum Gasteiger partial charge on any atom is 0.219 e. The fraction of sp³-hybridized carbons (Fsp3) is 0.619. The largest absolute Gasteiger partial charge is 0.549 e. The summed E-state index contributed by atoms with van der Waals surface area (Å²) < 4.78 is 0. The monoisotopic (exact) mass is 433 g/mol. The van der Waals surface area contributed by atoms with Crippen molar-refractivity contribution in [3.8, 4) is 0 Å². The molecule has 1 unspecified atom stereocenters. The molecule has 2 rings (SSSR count). The van der Waals surface area contributed by atoms with E-state index in [0.717, 1.165) is 12.2 Å². The first-order chi connectivity index (χ1) is 14.8. The summed E-state index contributed by atoms with van der Waals surface area (Å²) in [6, 6.07) is 4.66. The molecule has 1 amide bonds. The molecule has 2 bridgehead atoms. The molecule has 0 aliphatic carbocycles. The lowest BCUT2D eigenvalue weighted by molar-refractivity contribution is -0.312. The van der Waals surface area contributed by atoms with Crippen LogP contribution < -0.4 is 15.5 Å². The van der Waals surface area contributed by atoms with Gasteiger partial charge in [0.05, 0.1) is 29.4 Å². The van der Waals surface area contributed by atoms with Gasteiger partial charge in [0.2, 0.25) is 5.91 Å². The third kappa shape index (κ3) is 8.23. The molecule has 0 saturated carbocycles. The number of carbonyl (C=O) groups is 3. The zero-order valence-electron chi connectivity index (χ0n) is 18.2. The van der Waals surface area contributed by atoms with Crippen LogP contribution in [0.15, 0.2) is 18.2 Å². The average molecular weight is 434 g/mol. The highest BCUT2D eigenvalue weighted by Gasteiger charge is 2.23. The van der Waals surface area contributed by atoms with Gasteiger partial charge in [-0.25, -0.2) is 0 Å². The van der Waals surface area contributed by atoms with E-state index in [2.05, 4.69) is 15.2 Å². The second-order valence-electron chi connectivity index (χ2n) is 7.65. The number of nitrogens with zero attached hydrogens (tertiary/aromatic N) is 4. The number of hydrogen-bond donors (Lipinski definition) is 1. The van der Waals surface area contributed by atoms with Crippen LogP contribution in [0.5, 0.6) is 0 Å². The number of pyridine rings is 1. The highest BCUT2D eigenvalue weighted by molar-refractivity contribution is 5.77. The van der Waals surface area contributed by atoms with Gasteiger partial charge in [-0.1, -0.05) is 13.0 Å². The van der Waals surface area contributed by atoms with Crippen molar-refractivity contribution in [2.24, 2.45) is 0 Å². The van der Waals surface area contributed by atoms with E-state index in [1.807, 2.05) is 25.1 Å². The number of rotatable bonds is 8. The van der Waals surface area contributed by atoms with Crippen molar-refractivity contribution in [1.82, 2.24) is 25.0 Å². The van der Waals surface area contributed by atoms with Gasteiger partial charge in [-0.3, -0.25) is 24.5 Å². The summed E-state index contributed by atoms with van der Waals surface area (Å²) in [6.07, 6.45) is 0.138. The summed E-state index contributed by atoms with van der Waals surface area (Å²) in [4.78, 5) is 45.1. The maximum atomic E-state index is 11.9. The molecule has 0 aromatic carbocycles. The Labute approximate surface area is 182 Å². The minimum atomic E-state index is -1.27. The van der Waals surface area contributed by atoms with E-state index in [1.165, 1.54) is 7.05 Å². The molecule has 31 heavy (non-hydrogen) atoms. The summed E-state index contributed by atoms with van der Waals surface area (Å²) in [7, 11) is 1.50. The lowest BCUT2D eigenvalue weighted by atomic mass is 10.1. The van der Waals surface area contributed by atoms with Crippen LogP contribution in [0.25, 0.3) is 0 Å². The van der Waals surface area contributed by atoms with Crippen molar-refractivity contribution in [3.63, 3.8) is 0 Å². The van der Waals surface area contributed by atoms with Gasteiger partial charge in [0.25, 0.3) is 0 Å². The molecule has 0 fully saturated rings. The van der Waals surface area contributed by atoms with E-state index in [4.69, 9.17) is 0 Å². The molecule has 10 nitrogen and oxygen atoms in total. The Morgan fingerprint density at radius 3 is 2.32 bits per heavy atom. The number of nitrogens with one attached hydrogen (secondary N) is 1. The standard InChI is InChI=1S/C21H33N5O5/c1-3-24-9-10-25(15-20(28)29)11-12-26(14-17-6-4-5-16(13-24)23-17)18(21(30)31)7-8-19(27)22-2/h4-6,18H,3,7-15H2,1-2H3,(H,22,27)(H,28,29)(H,30,31)/p-2. The summed E-state index contributed by atoms with van der Waals surface area (Å²) in [5.74, 6) is -2.70. The van der Waals surface area contributed by atoms with E-state index < -0.39 is 18.0 Å². The second kappa shape index (κ2) is 12.3. The van der Waals surface area contributed by atoms with E-state index in [9.17, 15) is 24.6 Å². The SMILES string of the molecule is CCN1CCN(CC(=O)[O-])CCN(C(CCC(=O)NC)C(=O)[O-])Cc2cccc(n2)C1. The summed E-state index contributed by atoms with van der Waals surface area (Å²) in [5.41, 5.74) is 1.58. The predicted octanol–water partition coefficient (Wildman–Crippen LogP) is -2.58. The minimum Gasteiger partial charge on any atom is -0.549 e. The van der Waals surface area contributed by atoms with Gasteiger partial charge in [-0.15, -0.1) is 0 Å². The molecule has 0 spiro atoms. The van der Waals surface area contributed by atoms with Crippen LogP contribution in [0.2, 0.25) is 0 Å². The lowest BCUT2D eigenvalue weighted by Gasteiger charge is -2.35. The van der Waals surface area contributed by atoms with Crippen molar-refractivity contribution in [3.05, 3.63) is 29.6 Å². The van der Waals surface area contributed by atoms with Crippen LogP contribution in [0.4, 0.5) is 0 Å². The van der Waals surface area contributed by atoms with E-state index >= 15 is 0 Å². The Morgan fingerprint density at radius 1 is 1.06 bits per heavy atom. The van der Waals surface area contributed by atoms with Gasteiger partial charge in [0, 0.05) is 59.3 Å². The van der Waals surface area contributed by atoms with Crippen LogP contribution in [0, 0.1) is 0 Å². The van der Waals surface area contributed by atoms with Gasteiger partial charge < -0.3 is 25.1 Å². The topological polar surface area (TPSA) is 132 Å². The quantitative estimate of drug-likeness (QED) is 0.469. The molecule has 0 radical (unpaired) electrons. The maximum absolute atomic E-state index is 11.9. The Morgan fingerprint density at radius 2 is 1.71 bits per heavy atom. The number of carbonyl (C=O) groups excluding carboxylic acids is 3. The molecule has 1 atom stereocenters. The van der Waals surface area contributed by atoms with Gasteiger partial charge in [0.1, 0.15) is 0 Å². The van der Waals surface area contributed by atoms with Crippen LogP contribution in [-0.4, -0.2) is 89.9 Å². The zero-order chi connectivity index (χ0) is 22.8. The third-order valence-electron chi connectivity index (χ3n) is 5.49. The molecule has 1 aromatic rings. The van der Waals surface area contributed by atoms with Crippen molar-refractivity contribution in [2.45, 2.75) is 38.9 Å². The molecule has 1 aliphatic rings. The molecular formula is C21H31N5O5-2. The average Bonchev–Trinajstić information content (AvgIpc) is 2.73. The first-order valence-corrected chi connectivity index (χ1v) is 10.6. The number of hydrogen-bond acceptors (Lipinski definition) is 9. The Hall–Kier alpha value is -2.56. The lowest BCUT2D eigenvalue weighted by Crippen LogP contribution is -2.51. The molecule has 0 saturated heterocycles. The summed E-state index contributed by atoms with van der Waals surface area (Å²) in [5, 5.41) is 25.6. The van der Waals surface area contributed by atoms with Gasteiger partial charge >= 0.3 is 0 Å². The number of amides is 1. The van der Waals surface area contributed by atoms with Gasteiger partial charge in [0.15, 0.2) is 0 Å². The Balaban J connectivity index is 2.30. The second-order valence-corrected chi connectivity index (χ2v) is 7.65. The number of aromatic nitrogens is 1. The highest BCUT2D eigenvalue weighted by atomic mass is 16.4. The van der Waals surface area contributed by atoms with Crippen molar-refractivity contribution < 1.29 is 24.6 Å².